The maximum absolute atomic E-state index is 13.0. The van der Waals surface area contributed by atoms with Crippen LogP contribution in [0.4, 0.5) is 4.39 Å². The van der Waals surface area contributed by atoms with Crippen LogP contribution in [0.2, 0.25) is 0 Å². The van der Waals surface area contributed by atoms with Crippen molar-refractivity contribution >= 4 is 0 Å². The van der Waals surface area contributed by atoms with E-state index < -0.39 is 0 Å². The lowest BCUT2D eigenvalue weighted by Gasteiger charge is -2.32. The molecule has 0 radical (unpaired) electrons. The third-order valence-electron chi connectivity index (χ3n) is 4.44. The Morgan fingerprint density at radius 3 is 2.40 bits per heavy atom. The molecule has 1 aliphatic carbocycles. The fraction of sp³-hybridized carbons (Fsp3) is 0.667. The molecule has 1 aromatic carbocycles. The molecule has 0 heterocycles. The molecule has 0 spiro atoms. The highest BCUT2D eigenvalue weighted by atomic mass is 19.1. The van der Waals surface area contributed by atoms with E-state index in [0.29, 0.717) is 5.92 Å². The Kier molecular flexibility index (Phi) is 6.03. The lowest BCUT2D eigenvalue weighted by atomic mass is 9.76. The van der Waals surface area contributed by atoms with Gasteiger partial charge in [-0.05, 0) is 67.8 Å². The van der Waals surface area contributed by atoms with Crippen LogP contribution in [-0.2, 0) is 6.42 Å². The maximum Gasteiger partial charge on any atom is 0.123 e. The Bertz CT molecular complexity index is 385. The van der Waals surface area contributed by atoms with Crippen molar-refractivity contribution in [3.8, 4) is 0 Å². The summed E-state index contributed by atoms with van der Waals surface area (Å²) in [6.45, 7) is 6.76. The van der Waals surface area contributed by atoms with Crippen molar-refractivity contribution in [3.05, 3.63) is 35.6 Å². The largest absolute Gasteiger partial charge is 0.316 e. The first-order chi connectivity index (χ1) is 9.65. The molecule has 0 amide bonds. The Morgan fingerprint density at radius 2 is 1.75 bits per heavy atom. The van der Waals surface area contributed by atoms with Crippen LogP contribution in [0, 0.1) is 23.6 Å². The molecule has 2 rings (SSSR count). The van der Waals surface area contributed by atoms with Gasteiger partial charge in [-0.2, -0.15) is 0 Å². The Labute approximate surface area is 123 Å². The molecule has 1 nitrogen and oxygen atoms in total. The van der Waals surface area contributed by atoms with Gasteiger partial charge in [0.1, 0.15) is 5.82 Å². The number of benzene rings is 1. The molecule has 0 bridgehead atoms. The van der Waals surface area contributed by atoms with Crippen molar-refractivity contribution in [1.82, 2.24) is 5.32 Å². The summed E-state index contributed by atoms with van der Waals surface area (Å²) in [7, 11) is 0. The van der Waals surface area contributed by atoms with E-state index >= 15 is 0 Å². The summed E-state index contributed by atoms with van der Waals surface area (Å²) >= 11 is 0. The summed E-state index contributed by atoms with van der Waals surface area (Å²) in [5, 5.41) is 3.62. The molecule has 1 aromatic rings. The van der Waals surface area contributed by atoms with Crippen LogP contribution >= 0.6 is 0 Å². The molecule has 0 aliphatic heterocycles. The molecule has 0 saturated heterocycles. The van der Waals surface area contributed by atoms with Gasteiger partial charge in [-0.1, -0.05) is 38.8 Å². The van der Waals surface area contributed by atoms with E-state index in [-0.39, 0.29) is 5.82 Å². The summed E-state index contributed by atoms with van der Waals surface area (Å²) < 4.78 is 13.0. The van der Waals surface area contributed by atoms with Crippen LogP contribution in [0.1, 0.15) is 45.1 Å². The number of nitrogens with one attached hydrogen (secondary N) is 1. The van der Waals surface area contributed by atoms with Gasteiger partial charge >= 0.3 is 0 Å². The van der Waals surface area contributed by atoms with Crippen LogP contribution < -0.4 is 5.32 Å². The minimum absolute atomic E-state index is 0.132. The molecule has 1 fully saturated rings. The standard InChI is InChI=1S/C18H28FN/c1-14(2)12-20-13-17-6-4-3-5-16(17)11-15-7-9-18(19)10-8-15/h7-10,14,16-17,20H,3-6,11-13H2,1-2H3. The van der Waals surface area contributed by atoms with Crippen molar-refractivity contribution in [3.63, 3.8) is 0 Å². The summed E-state index contributed by atoms with van der Waals surface area (Å²) in [4.78, 5) is 0. The Balaban J connectivity index is 1.87. The molecule has 20 heavy (non-hydrogen) atoms. The number of halogens is 1. The lowest BCUT2D eigenvalue weighted by molar-refractivity contribution is 0.226. The van der Waals surface area contributed by atoms with Gasteiger partial charge in [-0.25, -0.2) is 4.39 Å². The van der Waals surface area contributed by atoms with Crippen LogP contribution in [0.5, 0.6) is 0 Å². The van der Waals surface area contributed by atoms with Crippen LogP contribution in [0.3, 0.4) is 0 Å². The first-order valence-corrected chi connectivity index (χ1v) is 8.10. The van der Waals surface area contributed by atoms with Gasteiger partial charge in [-0.15, -0.1) is 0 Å². The van der Waals surface area contributed by atoms with Gasteiger partial charge in [0.25, 0.3) is 0 Å². The highest BCUT2D eigenvalue weighted by molar-refractivity contribution is 5.16. The zero-order chi connectivity index (χ0) is 14.4. The zero-order valence-electron chi connectivity index (χ0n) is 12.9. The highest BCUT2D eigenvalue weighted by Crippen LogP contribution is 2.32. The normalized spacial score (nSPS) is 23.2. The third-order valence-corrected chi connectivity index (χ3v) is 4.44. The van der Waals surface area contributed by atoms with Crippen molar-refractivity contribution in [1.29, 1.82) is 0 Å². The second kappa shape index (κ2) is 7.78. The van der Waals surface area contributed by atoms with Crippen molar-refractivity contribution < 1.29 is 4.39 Å². The van der Waals surface area contributed by atoms with Gasteiger partial charge in [0, 0.05) is 0 Å². The molecular formula is C18H28FN. The van der Waals surface area contributed by atoms with Gasteiger partial charge in [0.15, 0.2) is 0 Å². The molecule has 2 heteroatoms. The third kappa shape index (κ3) is 4.90. The van der Waals surface area contributed by atoms with Gasteiger partial charge in [0.05, 0.1) is 0 Å². The van der Waals surface area contributed by atoms with E-state index in [0.717, 1.165) is 31.3 Å². The second-order valence-electron chi connectivity index (χ2n) is 6.69. The van der Waals surface area contributed by atoms with E-state index in [2.05, 4.69) is 19.2 Å². The Morgan fingerprint density at radius 1 is 1.10 bits per heavy atom. The molecule has 2 atom stereocenters. The number of hydrogen-bond acceptors (Lipinski definition) is 1. The first kappa shape index (κ1) is 15.5. The smallest absolute Gasteiger partial charge is 0.123 e. The summed E-state index contributed by atoms with van der Waals surface area (Å²) in [5.41, 5.74) is 1.28. The highest BCUT2D eigenvalue weighted by Gasteiger charge is 2.24. The molecular weight excluding hydrogens is 249 g/mol. The SMILES string of the molecule is CC(C)CNCC1CCCCC1Cc1ccc(F)cc1. The van der Waals surface area contributed by atoms with Crippen molar-refractivity contribution in [2.75, 3.05) is 13.1 Å². The maximum atomic E-state index is 13.0. The molecule has 112 valence electrons. The predicted octanol–water partition coefficient (Wildman–Crippen LogP) is 4.42. The number of hydrogen-bond donors (Lipinski definition) is 1. The molecule has 1 aliphatic rings. The summed E-state index contributed by atoms with van der Waals surface area (Å²) in [5.74, 6) is 2.13. The molecule has 2 unspecified atom stereocenters. The van der Waals surface area contributed by atoms with Crippen LogP contribution in [0.25, 0.3) is 0 Å². The van der Waals surface area contributed by atoms with Gasteiger partial charge in [0.2, 0.25) is 0 Å². The number of rotatable bonds is 6. The van der Waals surface area contributed by atoms with Gasteiger partial charge < -0.3 is 5.32 Å². The Hall–Kier alpha value is -0.890. The van der Waals surface area contributed by atoms with E-state index in [4.69, 9.17) is 0 Å². The first-order valence-electron chi connectivity index (χ1n) is 8.10. The second-order valence-corrected chi connectivity index (χ2v) is 6.69. The topological polar surface area (TPSA) is 12.0 Å². The minimum Gasteiger partial charge on any atom is -0.316 e. The van der Waals surface area contributed by atoms with E-state index in [1.165, 1.54) is 31.2 Å². The minimum atomic E-state index is -0.132. The quantitative estimate of drug-likeness (QED) is 0.811. The molecule has 1 N–H and O–H groups in total. The molecule has 0 aromatic heterocycles. The average molecular weight is 277 g/mol. The predicted molar refractivity (Wildman–Crippen MR) is 83.3 cm³/mol. The fourth-order valence-corrected chi connectivity index (χ4v) is 3.30. The molecule has 1 saturated carbocycles. The van der Waals surface area contributed by atoms with Crippen molar-refractivity contribution in [2.24, 2.45) is 17.8 Å². The van der Waals surface area contributed by atoms with Crippen LogP contribution in [0.15, 0.2) is 24.3 Å². The summed E-state index contributed by atoms with van der Waals surface area (Å²) in [6.07, 6.45) is 6.50. The van der Waals surface area contributed by atoms with E-state index in [9.17, 15) is 4.39 Å². The van der Waals surface area contributed by atoms with Gasteiger partial charge in [-0.3, -0.25) is 0 Å². The zero-order valence-corrected chi connectivity index (χ0v) is 12.9. The van der Waals surface area contributed by atoms with E-state index in [1.54, 1.807) is 12.1 Å². The van der Waals surface area contributed by atoms with Crippen molar-refractivity contribution in [2.45, 2.75) is 46.0 Å². The van der Waals surface area contributed by atoms with Crippen LogP contribution in [-0.4, -0.2) is 13.1 Å². The average Bonchev–Trinajstić information content (AvgIpc) is 2.43. The fourth-order valence-electron chi connectivity index (χ4n) is 3.30. The monoisotopic (exact) mass is 277 g/mol. The van der Waals surface area contributed by atoms with E-state index in [1.807, 2.05) is 12.1 Å². The summed E-state index contributed by atoms with van der Waals surface area (Å²) in [6, 6.07) is 7.07. The lowest BCUT2D eigenvalue weighted by Crippen LogP contribution is -2.33.